The molecule has 4 nitrogen and oxygen atoms in total. The number of ether oxygens (including phenoxy) is 1. The Balaban J connectivity index is 2.00. The zero-order chi connectivity index (χ0) is 12.3. The van der Waals surface area contributed by atoms with Gasteiger partial charge in [0.25, 0.3) is 0 Å². The van der Waals surface area contributed by atoms with Crippen molar-refractivity contribution in [2.75, 3.05) is 5.73 Å². The molecule has 1 aromatic rings. The van der Waals surface area contributed by atoms with Gasteiger partial charge in [-0.05, 0) is 25.2 Å². The van der Waals surface area contributed by atoms with Crippen molar-refractivity contribution in [3.8, 4) is 5.88 Å². The molecule has 1 saturated carbocycles. The van der Waals surface area contributed by atoms with Crippen molar-refractivity contribution in [2.24, 2.45) is 5.92 Å². The molecular formula is C12H18ClN3O. The van der Waals surface area contributed by atoms with Crippen molar-refractivity contribution in [1.82, 2.24) is 9.97 Å². The minimum atomic E-state index is 0.162. The number of hydrogen-bond acceptors (Lipinski definition) is 4. The molecule has 94 valence electrons. The average Bonchev–Trinajstić information content (AvgIpc) is 2.28. The highest BCUT2D eigenvalue weighted by Gasteiger charge is 2.22. The summed E-state index contributed by atoms with van der Waals surface area (Å²) in [6.45, 7) is 2.23. The second-order valence-electron chi connectivity index (χ2n) is 4.57. The van der Waals surface area contributed by atoms with Gasteiger partial charge < -0.3 is 10.5 Å². The second-order valence-corrected chi connectivity index (χ2v) is 4.96. The summed E-state index contributed by atoms with van der Waals surface area (Å²) in [7, 11) is 0. The Labute approximate surface area is 107 Å². The van der Waals surface area contributed by atoms with Gasteiger partial charge in [-0.1, -0.05) is 31.4 Å². The zero-order valence-corrected chi connectivity index (χ0v) is 10.8. The van der Waals surface area contributed by atoms with E-state index in [4.69, 9.17) is 22.1 Å². The van der Waals surface area contributed by atoms with Crippen molar-refractivity contribution in [3.05, 3.63) is 11.2 Å². The van der Waals surface area contributed by atoms with Crippen LogP contribution in [-0.2, 0) is 0 Å². The van der Waals surface area contributed by atoms with Crippen LogP contribution in [0.25, 0.3) is 0 Å². The third-order valence-corrected chi connectivity index (χ3v) is 3.48. The Hall–Kier alpha value is -1.03. The fourth-order valence-electron chi connectivity index (χ4n) is 2.36. The molecule has 0 aliphatic heterocycles. The minimum Gasteiger partial charge on any atom is -0.474 e. The fraction of sp³-hybridized carbons (Fsp3) is 0.667. The SMILES string of the molecule is CCC1CCCC(Oc2cc(Cl)nc(N)n2)C1. The molecular weight excluding hydrogens is 238 g/mol. The van der Waals surface area contributed by atoms with Crippen LogP contribution in [0, 0.1) is 5.92 Å². The summed E-state index contributed by atoms with van der Waals surface area (Å²) in [5.74, 6) is 1.42. The molecule has 1 heterocycles. The lowest BCUT2D eigenvalue weighted by atomic mass is 9.85. The quantitative estimate of drug-likeness (QED) is 0.844. The van der Waals surface area contributed by atoms with Crippen LogP contribution in [-0.4, -0.2) is 16.1 Å². The number of halogens is 1. The summed E-state index contributed by atoms with van der Waals surface area (Å²) in [6, 6.07) is 1.62. The largest absolute Gasteiger partial charge is 0.474 e. The molecule has 2 unspecified atom stereocenters. The highest BCUT2D eigenvalue weighted by molar-refractivity contribution is 6.29. The molecule has 1 aromatic heterocycles. The van der Waals surface area contributed by atoms with Crippen LogP contribution in [0.1, 0.15) is 39.0 Å². The molecule has 5 heteroatoms. The van der Waals surface area contributed by atoms with Crippen LogP contribution in [0.3, 0.4) is 0 Å². The van der Waals surface area contributed by atoms with Crippen LogP contribution in [0.4, 0.5) is 5.95 Å². The van der Waals surface area contributed by atoms with Gasteiger partial charge in [-0.15, -0.1) is 0 Å². The van der Waals surface area contributed by atoms with E-state index in [9.17, 15) is 0 Å². The highest BCUT2D eigenvalue weighted by atomic mass is 35.5. The first kappa shape index (κ1) is 12.4. The molecule has 17 heavy (non-hydrogen) atoms. The van der Waals surface area contributed by atoms with Crippen LogP contribution >= 0.6 is 11.6 Å². The van der Waals surface area contributed by atoms with E-state index in [0.717, 1.165) is 18.8 Å². The first-order chi connectivity index (χ1) is 8.17. The van der Waals surface area contributed by atoms with Crippen LogP contribution in [0.5, 0.6) is 5.88 Å². The Bertz CT molecular complexity index is 366. The number of anilines is 1. The van der Waals surface area contributed by atoms with Crippen molar-refractivity contribution >= 4 is 17.5 Å². The molecule has 1 fully saturated rings. The van der Waals surface area contributed by atoms with Gasteiger partial charge in [0, 0.05) is 6.07 Å². The topological polar surface area (TPSA) is 61.0 Å². The molecule has 2 atom stereocenters. The fourth-order valence-corrected chi connectivity index (χ4v) is 2.54. The van der Waals surface area contributed by atoms with E-state index in [1.54, 1.807) is 6.07 Å². The molecule has 0 radical (unpaired) electrons. The average molecular weight is 256 g/mol. The van der Waals surface area contributed by atoms with Crippen molar-refractivity contribution < 1.29 is 4.74 Å². The number of rotatable bonds is 3. The Kier molecular flexibility index (Phi) is 4.05. The second kappa shape index (κ2) is 5.54. The van der Waals surface area contributed by atoms with Gasteiger partial charge in [0.2, 0.25) is 11.8 Å². The maximum Gasteiger partial charge on any atom is 0.224 e. The van der Waals surface area contributed by atoms with Gasteiger partial charge in [-0.25, -0.2) is 4.98 Å². The lowest BCUT2D eigenvalue weighted by molar-refractivity contribution is 0.117. The van der Waals surface area contributed by atoms with E-state index in [0.29, 0.717) is 11.0 Å². The maximum absolute atomic E-state index is 5.83. The zero-order valence-electron chi connectivity index (χ0n) is 10.0. The van der Waals surface area contributed by atoms with Crippen molar-refractivity contribution in [2.45, 2.75) is 45.1 Å². The van der Waals surface area contributed by atoms with E-state index < -0.39 is 0 Å². The summed E-state index contributed by atoms with van der Waals surface area (Å²) in [5.41, 5.74) is 5.53. The molecule has 0 bridgehead atoms. The van der Waals surface area contributed by atoms with E-state index in [-0.39, 0.29) is 12.1 Å². The van der Waals surface area contributed by atoms with E-state index in [1.165, 1.54) is 19.3 Å². The monoisotopic (exact) mass is 255 g/mol. The minimum absolute atomic E-state index is 0.162. The summed E-state index contributed by atoms with van der Waals surface area (Å²) >= 11 is 5.81. The predicted molar refractivity (Wildman–Crippen MR) is 68.1 cm³/mol. The standard InChI is InChI=1S/C12H18ClN3O/c1-2-8-4-3-5-9(6-8)17-11-7-10(13)15-12(14)16-11/h7-9H,2-6H2,1H3,(H2,14,15,16). The first-order valence-corrected chi connectivity index (χ1v) is 6.52. The third-order valence-electron chi connectivity index (χ3n) is 3.29. The Morgan fingerprint density at radius 3 is 3.00 bits per heavy atom. The first-order valence-electron chi connectivity index (χ1n) is 6.14. The molecule has 0 saturated heterocycles. The Morgan fingerprint density at radius 2 is 2.29 bits per heavy atom. The van der Waals surface area contributed by atoms with Crippen molar-refractivity contribution in [1.29, 1.82) is 0 Å². The third kappa shape index (κ3) is 3.46. The lowest BCUT2D eigenvalue weighted by Crippen LogP contribution is -2.25. The highest BCUT2D eigenvalue weighted by Crippen LogP contribution is 2.29. The van der Waals surface area contributed by atoms with Crippen LogP contribution < -0.4 is 10.5 Å². The van der Waals surface area contributed by atoms with Crippen LogP contribution in [0.15, 0.2) is 6.07 Å². The number of nitrogen functional groups attached to an aromatic ring is 1. The predicted octanol–water partition coefficient (Wildman–Crippen LogP) is 3.06. The number of nitrogens with zero attached hydrogens (tertiary/aromatic N) is 2. The van der Waals surface area contributed by atoms with Gasteiger partial charge in [0.15, 0.2) is 0 Å². The summed E-state index contributed by atoms with van der Waals surface area (Å²) in [6.07, 6.45) is 6.15. The van der Waals surface area contributed by atoms with Gasteiger partial charge in [0.05, 0.1) is 0 Å². The van der Waals surface area contributed by atoms with Gasteiger partial charge in [-0.3, -0.25) is 0 Å². The molecule has 2 rings (SSSR count). The molecule has 0 amide bonds. The molecule has 1 aliphatic carbocycles. The molecule has 0 spiro atoms. The summed E-state index contributed by atoms with van der Waals surface area (Å²) < 4.78 is 5.83. The summed E-state index contributed by atoms with van der Waals surface area (Å²) in [5, 5.41) is 0.329. The van der Waals surface area contributed by atoms with Crippen molar-refractivity contribution in [3.63, 3.8) is 0 Å². The van der Waals surface area contributed by atoms with Gasteiger partial charge in [-0.2, -0.15) is 4.98 Å². The molecule has 2 N–H and O–H groups in total. The number of hydrogen-bond donors (Lipinski definition) is 1. The summed E-state index contributed by atoms with van der Waals surface area (Å²) in [4.78, 5) is 7.85. The van der Waals surface area contributed by atoms with E-state index in [2.05, 4.69) is 16.9 Å². The number of nitrogens with two attached hydrogens (primary N) is 1. The maximum atomic E-state index is 5.83. The van der Waals surface area contributed by atoms with Crippen LogP contribution in [0.2, 0.25) is 5.15 Å². The number of aromatic nitrogens is 2. The van der Waals surface area contributed by atoms with Gasteiger partial charge >= 0.3 is 0 Å². The normalized spacial score (nSPS) is 24.6. The smallest absolute Gasteiger partial charge is 0.224 e. The Morgan fingerprint density at radius 1 is 1.47 bits per heavy atom. The van der Waals surface area contributed by atoms with Gasteiger partial charge in [0.1, 0.15) is 11.3 Å². The van der Waals surface area contributed by atoms with E-state index >= 15 is 0 Å². The lowest BCUT2D eigenvalue weighted by Gasteiger charge is -2.28. The molecule has 1 aliphatic rings. The molecule has 0 aromatic carbocycles. The van der Waals surface area contributed by atoms with E-state index in [1.807, 2.05) is 0 Å².